The minimum atomic E-state index is -4.57. The van der Waals surface area contributed by atoms with E-state index in [-0.39, 0.29) is 36.0 Å². The zero-order chi connectivity index (χ0) is 18.0. The lowest BCUT2D eigenvalue weighted by atomic mass is 10.2. The first-order valence-electron chi connectivity index (χ1n) is 7.38. The van der Waals surface area contributed by atoms with Crippen LogP contribution in [0.4, 0.5) is 17.6 Å². The van der Waals surface area contributed by atoms with Crippen LogP contribution < -0.4 is 10.0 Å². The van der Waals surface area contributed by atoms with Gasteiger partial charge in [-0.15, -0.1) is 12.4 Å². The third-order valence-corrected chi connectivity index (χ3v) is 5.44. The molecule has 1 atom stereocenters. The molecule has 1 saturated heterocycles. The molecule has 1 aromatic rings. The summed E-state index contributed by atoms with van der Waals surface area (Å²) in [5.41, 5.74) is 0.259. The fourth-order valence-electron chi connectivity index (χ4n) is 2.58. The van der Waals surface area contributed by atoms with Crippen molar-refractivity contribution in [2.45, 2.75) is 24.0 Å². The summed E-state index contributed by atoms with van der Waals surface area (Å²) in [5, 5.41) is 2.94. The number of aryl methyl sites for hydroxylation is 1. The van der Waals surface area contributed by atoms with Crippen molar-refractivity contribution in [3.63, 3.8) is 0 Å². The lowest BCUT2D eigenvalue weighted by Crippen LogP contribution is -2.57. The Kier molecular flexibility index (Phi) is 7.63. The first-order valence-corrected chi connectivity index (χ1v) is 8.87. The fourth-order valence-corrected chi connectivity index (χ4v) is 3.87. The van der Waals surface area contributed by atoms with Crippen molar-refractivity contribution in [1.82, 2.24) is 14.9 Å². The molecule has 1 unspecified atom stereocenters. The van der Waals surface area contributed by atoms with Crippen LogP contribution in [-0.2, 0) is 10.0 Å². The van der Waals surface area contributed by atoms with E-state index in [9.17, 15) is 26.0 Å². The van der Waals surface area contributed by atoms with Gasteiger partial charge in [0.2, 0.25) is 10.0 Å². The summed E-state index contributed by atoms with van der Waals surface area (Å²) in [5.74, 6) is -0.768. The van der Waals surface area contributed by atoms with Crippen LogP contribution in [0.5, 0.6) is 0 Å². The Labute approximate surface area is 150 Å². The van der Waals surface area contributed by atoms with Gasteiger partial charge in [-0.05, 0) is 24.6 Å². The highest BCUT2D eigenvalue weighted by Crippen LogP contribution is 2.25. The molecule has 11 heteroatoms. The van der Waals surface area contributed by atoms with Crippen molar-refractivity contribution < 1.29 is 26.0 Å². The van der Waals surface area contributed by atoms with Gasteiger partial charge in [-0.3, -0.25) is 4.90 Å². The van der Waals surface area contributed by atoms with Crippen LogP contribution in [0.15, 0.2) is 23.1 Å². The van der Waals surface area contributed by atoms with E-state index >= 15 is 0 Å². The summed E-state index contributed by atoms with van der Waals surface area (Å²) in [6.07, 6.45) is -4.57. The van der Waals surface area contributed by atoms with Crippen molar-refractivity contribution >= 4 is 22.4 Å². The number of halogens is 5. The number of hydrogen-bond donors (Lipinski definition) is 2. The van der Waals surface area contributed by atoms with Crippen LogP contribution in [0.3, 0.4) is 0 Å². The number of rotatable bonds is 5. The average Bonchev–Trinajstić information content (AvgIpc) is 2.49. The molecule has 25 heavy (non-hydrogen) atoms. The van der Waals surface area contributed by atoms with Crippen molar-refractivity contribution in [3.05, 3.63) is 29.6 Å². The van der Waals surface area contributed by atoms with Crippen molar-refractivity contribution in [2.75, 3.05) is 32.7 Å². The molecule has 1 aromatic carbocycles. The highest BCUT2D eigenvalue weighted by atomic mass is 35.5. The summed E-state index contributed by atoms with van der Waals surface area (Å²) in [6.45, 7) is 1.79. The van der Waals surface area contributed by atoms with Gasteiger partial charge in [0.1, 0.15) is 11.9 Å². The highest BCUT2D eigenvalue weighted by molar-refractivity contribution is 7.89. The maximum absolute atomic E-state index is 13.3. The number of benzene rings is 1. The number of alkyl halides is 3. The third-order valence-electron chi connectivity index (χ3n) is 3.88. The summed E-state index contributed by atoms with van der Waals surface area (Å²) >= 11 is 0. The molecule has 1 aliphatic rings. The number of piperazine rings is 1. The van der Waals surface area contributed by atoms with Crippen LogP contribution in [0, 0.1) is 12.7 Å². The number of nitrogens with one attached hydrogen (secondary N) is 2. The van der Waals surface area contributed by atoms with Gasteiger partial charge in [-0.25, -0.2) is 17.5 Å². The Hall–Kier alpha value is -0.940. The molecule has 2 rings (SSSR count). The molecule has 0 aliphatic carbocycles. The standard InChI is InChI=1S/C14H19F4N3O2S.ClH/c1-10-2-3-11(15)8-12(10)24(22,23)20-9-13(14(16,17)18)21-6-4-19-5-7-21;/h2-3,8,13,19-20H,4-7,9H2,1H3;1H. The number of sulfonamides is 1. The fraction of sp³-hybridized carbons (Fsp3) is 0.571. The maximum atomic E-state index is 13.3. The van der Waals surface area contributed by atoms with Gasteiger partial charge in [0.05, 0.1) is 4.90 Å². The molecule has 1 aliphatic heterocycles. The predicted octanol–water partition coefficient (Wildman–Crippen LogP) is 1.67. The molecule has 0 saturated carbocycles. The molecule has 0 aromatic heterocycles. The molecule has 1 heterocycles. The Morgan fingerprint density at radius 1 is 1.28 bits per heavy atom. The largest absolute Gasteiger partial charge is 0.405 e. The van der Waals surface area contributed by atoms with Gasteiger partial charge >= 0.3 is 6.18 Å². The third kappa shape index (κ3) is 5.78. The second-order valence-corrected chi connectivity index (χ2v) is 7.34. The van der Waals surface area contributed by atoms with Gasteiger partial charge in [0.15, 0.2) is 0 Å². The Bertz CT molecular complexity index is 679. The zero-order valence-corrected chi connectivity index (χ0v) is 15.1. The number of hydrogen-bond acceptors (Lipinski definition) is 4. The van der Waals surface area contributed by atoms with E-state index in [1.54, 1.807) is 0 Å². The summed E-state index contributed by atoms with van der Waals surface area (Å²) in [7, 11) is -4.24. The average molecular weight is 406 g/mol. The number of nitrogens with zero attached hydrogens (tertiary/aromatic N) is 1. The Morgan fingerprint density at radius 2 is 1.88 bits per heavy atom. The van der Waals surface area contributed by atoms with Crippen LogP contribution in [0.25, 0.3) is 0 Å². The van der Waals surface area contributed by atoms with Crippen molar-refractivity contribution in [1.29, 1.82) is 0 Å². The molecule has 0 bridgehead atoms. The molecule has 0 radical (unpaired) electrons. The molecule has 0 amide bonds. The molecule has 5 nitrogen and oxygen atoms in total. The van der Waals surface area contributed by atoms with E-state index in [1.807, 2.05) is 4.72 Å². The van der Waals surface area contributed by atoms with E-state index in [4.69, 9.17) is 0 Å². The van der Waals surface area contributed by atoms with Crippen LogP contribution >= 0.6 is 12.4 Å². The first-order chi connectivity index (χ1) is 11.1. The molecule has 2 N–H and O–H groups in total. The summed E-state index contributed by atoms with van der Waals surface area (Å²) < 4.78 is 79.5. The summed E-state index contributed by atoms with van der Waals surface area (Å²) in [6, 6.07) is 1.23. The molecule has 1 fully saturated rings. The van der Waals surface area contributed by atoms with Gasteiger partial charge in [-0.1, -0.05) is 6.07 Å². The second kappa shape index (κ2) is 8.63. The minimum Gasteiger partial charge on any atom is -0.314 e. The van der Waals surface area contributed by atoms with Gasteiger partial charge in [0, 0.05) is 32.7 Å². The smallest absolute Gasteiger partial charge is 0.314 e. The van der Waals surface area contributed by atoms with Crippen molar-refractivity contribution in [3.8, 4) is 0 Å². The Morgan fingerprint density at radius 3 is 2.44 bits per heavy atom. The lowest BCUT2D eigenvalue weighted by molar-refractivity contribution is -0.182. The van der Waals surface area contributed by atoms with Crippen LogP contribution in [-0.4, -0.2) is 58.3 Å². The monoisotopic (exact) mass is 405 g/mol. The van der Waals surface area contributed by atoms with Crippen LogP contribution in [0.2, 0.25) is 0 Å². The maximum Gasteiger partial charge on any atom is 0.405 e. The van der Waals surface area contributed by atoms with E-state index in [2.05, 4.69) is 5.32 Å². The molecular formula is C14H20ClF4N3O2S. The molecule has 0 spiro atoms. The van der Waals surface area contributed by atoms with E-state index in [0.29, 0.717) is 13.1 Å². The lowest BCUT2D eigenvalue weighted by Gasteiger charge is -2.35. The SMILES string of the molecule is Cc1ccc(F)cc1S(=O)(=O)NCC(N1CCNCC1)C(F)(F)F.Cl. The first kappa shape index (κ1) is 22.1. The minimum absolute atomic E-state index is 0. The molecule has 144 valence electrons. The van der Waals surface area contributed by atoms with Gasteiger partial charge in [0.25, 0.3) is 0 Å². The van der Waals surface area contributed by atoms with E-state index in [1.165, 1.54) is 17.9 Å². The van der Waals surface area contributed by atoms with Gasteiger partial charge in [-0.2, -0.15) is 13.2 Å². The topological polar surface area (TPSA) is 61.4 Å². The quantitative estimate of drug-likeness (QED) is 0.732. The zero-order valence-electron chi connectivity index (χ0n) is 13.4. The predicted molar refractivity (Wildman–Crippen MR) is 87.9 cm³/mol. The normalized spacial score (nSPS) is 17.8. The molecular weight excluding hydrogens is 386 g/mol. The van der Waals surface area contributed by atoms with Gasteiger partial charge < -0.3 is 5.32 Å². The van der Waals surface area contributed by atoms with E-state index in [0.717, 1.165) is 12.1 Å². The second-order valence-electron chi connectivity index (χ2n) is 5.61. The van der Waals surface area contributed by atoms with E-state index < -0.39 is 34.6 Å². The van der Waals surface area contributed by atoms with Crippen molar-refractivity contribution in [2.24, 2.45) is 0 Å². The Balaban J connectivity index is 0.00000312. The van der Waals surface area contributed by atoms with Crippen LogP contribution in [0.1, 0.15) is 5.56 Å². The summed E-state index contributed by atoms with van der Waals surface area (Å²) in [4.78, 5) is 0.834. The highest BCUT2D eigenvalue weighted by Gasteiger charge is 2.44.